The van der Waals surface area contributed by atoms with E-state index in [0.717, 1.165) is 0 Å². The Morgan fingerprint density at radius 3 is 2.80 bits per heavy atom. The van der Waals surface area contributed by atoms with E-state index in [1.54, 1.807) is 24.3 Å². The van der Waals surface area contributed by atoms with Crippen molar-refractivity contribution in [3.05, 3.63) is 46.3 Å². The molecule has 4 heteroatoms. The fourth-order valence-corrected chi connectivity index (χ4v) is 1.37. The number of Topliss-reactive ketones (excluding diaryl/α,β-unsaturated/α-hetero) is 1. The maximum atomic E-state index is 11.4. The number of hydrogen-bond donors (Lipinski definition) is 1. The van der Waals surface area contributed by atoms with Crippen molar-refractivity contribution < 1.29 is 9.21 Å². The third-order valence-electron chi connectivity index (χ3n) is 2.13. The maximum Gasteiger partial charge on any atom is 0.347 e. The molecule has 2 rings (SSSR count). The Morgan fingerprint density at radius 1 is 1.33 bits per heavy atom. The van der Waals surface area contributed by atoms with Crippen LogP contribution in [0.15, 0.2) is 39.5 Å². The van der Waals surface area contributed by atoms with E-state index in [4.69, 9.17) is 10.2 Å². The van der Waals surface area contributed by atoms with Crippen molar-refractivity contribution in [2.24, 2.45) is 5.73 Å². The zero-order chi connectivity index (χ0) is 10.8. The second-order valence-electron chi connectivity index (χ2n) is 3.11. The summed E-state index contributed by atoms with van der Waals surface area (Å²) < 4.78 is 4.98. The van der Waals surface area contributed by atoms with Gasteiger partial charge < -0.3 is 10.2 Å². The van der Waals surface area contributed by atoms with Crippen molar-refractivity contribution in [1.29, 1.82) is 0 Å². The van der Waals surface area contributed by atoms with Gasteiger partial charge in [-0.25, -0.2) is 4.79 Å². The molecule has 76 valence electrons. The van der Waals surface area contributed by atoms with Crippen molar-refractivity contribution in [1.82, 2.24) is 0 Å². The van der Waals surface area contributed by atoms with Crippen molar-refractivity contribution in [2.75, 3.05) is 6.54 Å². The van der Waals surface area contributed by atoms with Gasteiger partial charge in [-0.2, -0.15) is 0 Å². The molecule has 0 bridgehead atoms. The predicted octanol–water partition coefficient (Wildman–Crippen LogP) is 0.934. The normalized spacial score (nSPS) is 10.5. The Morgan fingerprint density at radius 2 is 2.07 bits per heavy atom. The minimum absolute atomic E-state index is 0.0104. The Bertz CT molecular complexity index is 571. The molecule has 0 spiro atoms. The lowest BCUT2D eigenvalue weighted by Gasteiger charge is -1.99. The number of benzene rings is 1. The van der Waals surface area contributed by atoms with E-state index >= 15 is 0 Å². The molecular formula is C11H9NO3. The highest BCUT2D eigenvalue weighted by molar-refractivity contribution is 5.99. The van der Waals surface area contributed by atoms with Gasteiger partial charge in [-0.3, -0.25) is 4.79 Å². The molecule has 0 unspecified atom stereocenters. The third kappa shape index (κ3) is 1.67. The highest BCUT2D eigenvalue weighted by Crippen LogP contribution is 2.12. The van der Waals surface area contributed by atoms with Crippen LogP contribution in [0, 0.1) is 0 Å². The SMILES string of the molecule is NCC(=O)c1cc2ccccc2oc1=O. The minimum Gasteiger partial charge on any atom is -0.422 e. The lowest BCUT2D eigenvalue weighted by atomic mass is 10.1. The fourth-order valence-electron chi connectivity index (χ4n) is 1.37. The van der Waals surface area contributed by atoms with Gasteiger partial charge in [0.05, 0.1) is 6.54 Å². The molecule has 0 aliphatic heterocycles. The van der Waals surface area contributed by atoms with E-state index in [9.17, 15) is 9.59 Å². The first kappa shape index (κ1) is 9.61. The first-order valence-electron chi connectivity index (χ1n) is 4.48. The standard InChI is InChI=1S/C11H9NO3/c12-6-9(13)8-5-7-3-1-2-4-10(7)15-11(8)14/h1-5H,6,12H2. The first-order chi connectivity index (χ1) is 7.22. The van der Waals surface area contributed by atoms with E-state index in [1.165, 1.54) is 6.07 Å². The molecule has 0 aliphatic rings. The summed E-state index contributed by atoms with van der Waals surface area (Å²) in [5.41, 5.74) is 5.03. The highest BCUT2D eigenvalue weighted by Gasteiger charge is 2.11. The summed E-state index contributed by atoms with van der Waals surface area (Å²) in [5, 5.41) is 0.717. The zero-order valence-electron chi connectivity index (χ0n) is 7.90. The van der Waals surface area contributed by atoms with Crippen LogP contribution in [0.3, 0.4) is 0 Å². The van der Waals surface area contributed by atoms with Crippen LogP contribution in [0.4, 0.5) is 0 Å². The van der Waals surface area contributed by atoms with Gasteiger partial charge in [-0.1, -0.05) is 18.2 Å². The molecule has 1 aromatic heterocycles. The minimum atomic E-state index is -0.635. The lowest BCUT2D eigenvalue weighted by Crippen LogP contribution is -2.21. The van der Waals surface area contributed by atoms with Gasteiger partial charge >= 0.3 is 5.63 Å². The number of nitrogens with two attached hydrogens (primary N) is 1. The van der Waals surface area contributed by atoms with E-state index in [-0.39, 0.29) is 12.1 Å². The maximum absolute atomic E-state index is 11.4. The summed E-state index contributed by atoms with van der Waals surface area (Å²) in [6, 6.07) is 8.52. The molecule has 0 radical (unpaired) electrons. The van der Waals surface area contributed by atoms with Gasteiger partial charge in [0.2, 0.25) is 0 Å². The van der Waals surface area contributed by atoms with Gasteiger partial charge in [-0.15, -0.1) is 0 Å². The van der Waals surface area contributed by atoms with Crippen LogP contribution in [0.2, 0.25) is 0 Å². The summed E-state index contributed by atoms with van der Waals surface area (Å²) >= 11 is 0. The van der Waals surface area contributed by atoms with E-state index < -0.39 is 11.4 Å². The van der Waals surface area contributed by atoms with Crippen LogP contribution < -0.4 is 11.4 Å². The van der Waals surface area contributed by atoms with Gasteiger partial charge in [0.1, 0.15) is 11.1 Å². The summed E-state index contributed by atoms with van der Waals surface area (Å²) in [4.78, 5) is 22.7. The Hall–Kier alpha value is -1.94. The summed E-state index contributed by atoms with van der Waals surface area (Å²) in [5.74, 6) is -0.408. The number of rotatable bonds is 2. The topological polar surface area (TPSA) is 73.3 Å². The van der Waals surface area contributed by atoms with Gasteiger partial charge in [0.25, 0.3) is 0 Å². The van der Waals surface area contributed by atoms with E-state index in [2.05, 4.69) is 0 Å². The molecule has 0 saturated heterocycles. The summed E-state index contributed by atoms with van der Waals surface area (Å²) in [6.07, 6.45) is 0. The van der Waals surface area contributed by atoms with Crippen molar-refractivity contribution >= 4 is 16.8 Å². The Labute approximate surface area is 85.3 Å². The number of carbonyl (C=O) groups excluding carboxylic acids is 1. The molecular weight excluding hydrogens is 194 g/mol. The summed E-state index contributed by atoms with van der Waals surface area (Å²) in [6.45, 7) is -0.191. The predicted molar refractivity (Wildman–Crippen MR) is 55.9 cm³/mol. The van der Waals surface area contributed by atoms with Crippen LogP contribution in [-0.4, -0.2) is 12.3 Å². The number of hydrogen-bond acceptors (Lipinski definition) is 4. The molecule has 2 N–H and O–H groups in total. The molecule has 0 amide bonds. The molecule has 0 saturated carbocycles. The molecule has 1 aromatic carbocycles. The van der Waals surface area contributed by atoms with Gasteiger partial charge in [0, 0.05) is 5.39 Å². The van der Waals surface area contributed by atoms with Crippen LogP contribution in [-0.2, 0) is 0 Å². The quantitative estimate of drug-likeness (QED) is 0.582. The molecule has 0 fully saturated rings. The van der Waals surface area contributed by atoms with Crippen LogP contribution in [0.25, 0.3) is 11.0 Å². The largest absolute Gasteiger partial charge is 0.422 e. The lowest BCUT2D eigenvalue weighted by molar-refractivity contribution is 0.0998. The highest BCUT2D eigenvalue weighted by atomic mass is 16.4. The zero-order valence-corrected chi connectivity index (χ0v) is 7.90. The second-order valence-corrected chi connectivity index (χ2v) is 3.11. The molecule has 2 aromatic rings. The molecule has 0 aliphatic carbocycles. The van der Waals surface area contributed by atoms with Gasteiger partial charge in [0.15, 0.2) is 5.78 Å². The van der Waals surface area contributed by atoms with Crippen molar-refractivity contribution in [3.63, 3.8) is 0 Å². The van der Waals surface area contributed by atoms with Crippen LogP contribution in [0.1, 0.15) is 10.4 Å². The van der Waals surface area contributed by atoms with E-state index in [0.29, 0.717) is 11.0 Å². The molecule has 4 nitrogen and oxygen atoms in total. The van der Waals surface area contributed by atoms with Gasteiger partial charge in [-0.05, 0) is 12.1 Å². The monoisotopic (exact) mass is 203 g/mol. The third-order valence-corrected chi connectivity index (χ3v) is 2.13. The average Bonchev–Trinajstić information content (AvgIpc) is 2.27. The number of carbonyl (C=O) groups is 1. The summed E-state index contributed by atoms with van der Waals surface area (Å²) in [7, 11) is 0. The Balaban J connectivity index is 2.73. The number of para-hydroxylation sites is 1. The fraction of sp³-hybridized carbons (Fsp3) is 0.0909. The number of fused-ring (bicyclic) bond motifs is 1. The first-order valence-corrected chi connectivity index (χ1v) is 4.48. The molecule has 15 heavy (non-hydrogen) atoms. The van der Waals surface area contributed by atoms with Crippen molar-refractivity contribution in [3.8, 4) is 0 Å². The Kier molecular flexibility index (Phi) is 2.35. The van der Waals surface area contributed by atoms with Crippen LogP contribution >= 0.6 is 0 Å². The van der Waals surface area contributed by atoms with Crippen LogP contribution in [0.5, 0.6) is 0 Å². The second kappa shape index (κ2) is 3.67. The average molecular weight is 203 g/mol. The molecule has 1 heterocycles. The van der Waals surface area contributed by atoms with E-state index in [1.807, 2.05) is 0 Å². The molecule has 0 atom stereocenters. The number of ketones is 1. The van der Waals surface area contributed by atoms with Crippen molar-refractivity contribution in [2.45, 2.75) is 0 Å². The smallest absolute Gasteiger partial charge is 0.347 e.